The second kappa shape index (κ2) is 6.85. The van der Waals surface area contributed by atoms with E-state index >= 15 is 0 Å². The number of nitrogens with one attached hydrogen (secondary N) is 1. The van der Waals surface area contributed by atoms with Crippen molar-refractivity contribution in [2.45, 2.75) is 6.04 Å². The highest BCUT2D eigenvalue weighted by atomic mass is 16.5. The SMILES string of the molecule is COc1cc(C(=O)NC2CN(C)N(C)C2)cc(OC)c1OC. The molecule has 0 saturated carbocycles. The van der Waals surface area contributed by atoms with Crippen molar-refractivity contribution in [1.29, 1.82) is 0 Å². The van der Waals surface area contributed by atoms with Gasteiger partial charge in [-0.15, -0.1) is 0 Å². The highest BCUT2D eigenvalue weighted by Crippen LogP contribution is 2.38. The Labute approximate surface area is 130 Å². The zero-order valence-corrected chi connectivity index (χ0v) is 13.7. The van der Waals surface area contributed by atoms with Gasteiger partial charge in [0.15, 0.2) is 11.5 Å². The maximum absolute atomic E-state index is 12.4. The molecule has 7 heteroatoms. The molecular weight excluding hydrogens is 286 g/mol. The maximum atomic E-state index is 12.4. The summed E-state index contributed by atoms with van der Waals surface area (Å²) >= 11 is 0. The fourth-order valence-corrected chi connectivity index (χ4v) is 2.55. The van der Waals surface area contributed by atoms with E-state index in [-0.39, 0.29) is 11.9 Å². The lowest BCUT2D eigenvalue weighted by molar-refractivity contribution is 0.0894. The predicted molar refractivity (Wildman–Crippen MR) is 82.6 cm³/mol. The van der Waals surface area contributed by atoms with Crippen LogP contribution in [-0.4, -0.2) is 70.5 Å². The summed E-state index contributed by atoms with van der Waals surface area (Å²) in [6.45, 7) is 1.57. The van der Waals surface area contributed by atoms with Crippen LogP contribution in [0, 0.1) is 0 Å². The Morgan fingerprint density at radius 1 is 1.05 bits per heavy atom. The minimum absolute atomic E-state index is 0.0848. The van der Waals surface area contributed by atoms with Gasteiger partial charge >= 0.3 is 0 Å². The van der Waals surface area contributed by atoms with Gasteiger partial charge in [-0.05, 0) is 12.1 Å². The molecule has 2 rings (SSSR count). The summed E-state index contributed by atoms with van der Waals surface area (Å²) in [4.78, 5) is 12.4. The molecule has 1 heterocycles. The van der Waals surface area contributed by atoms with Crippen molar-refractivity contribution in [2.24, 2.45) is 0 Å². The molecule has 1 amide bonds. The second-order valence-corrected chi connectivity index (χ2v) is 5.26. The second-order valence-electron chi connectivity index (χ2n) is 5.26. The molecule has 1 aliphatic heterocycles. The molecule has 0 atom stereocenters. The first-order valence-electron chi connectivity index (χ1n) is 7.03. The lowest BCUT2D eigenvalue weighted by Gasteiger charge is -2.16. The van der Waals surface area contributed by atoms with Crippen LogP contribution in [0.4, 0.5) is 0 Å². The maximum Gasteiger partial charge on any atom is 0.251 e. The summed E-state index contributed by atoms with van der Waals surface area (Å²) < 4.78 is 15.8. The molecule has 1 aromatic rings. The number of likely N-dealkylation sites (N-methyl/N-ethyl adjacent to an activating group) is 2. The van der Waals surface area contributed by atoms with E-state index in [1.165, 1.54) is 21.3 Å². The Hall–Kier alpha value is -1.99. The van der Waals surface area contributed by atoms with Crippen LogP contribution in [0.15, 0.2) is 12.1 Å². The molecule has 0 spiro atoms. The molecule has 122 valence electrons. The van der Waals surface area contributed by atoms with Gasteiger partial charge in [0, 0.05) is 32.7 Å². The average molecular weight is 309 g/mol. The Bertz CT molecular complexity index is 515. The summed E-state index contributed by atoms with van der Waals surface area (Å²) in [5.74, 6) is 1.25. The van der Waals surface area contributed by atoms with Crippen molar-refractivity contribution in [1.82, 2.24) is 15.3 Å². The number of nitrogens with zero attached hydrogens (tertiary/aromatic N) is 2. The fourth-order valence-electron chi connectivity index (χ4n) is 2.55. The molecule has 1 aliphatic rings. The molecule has 1 aromatic carbocycles. The third kappa shape index (κ3) is 3.26. The number of ether oxygens (including phenoxy) is 3. The third-order valence-corrected chi connectivity index (χ3v) is 3.81. The monoisotopic (exact) mass is 309 g/mol. The van der Waals surface area contributed by atoms with Crippen LogP contribution in [0.3, 0.4) is 0 Å². The van der Waals surface area contributed by atoms with Gasteiger partial charge in [-0.1, -0.05) is 0 Å². The smallest absolute Gasteiger partial charge is 0.251 e. The van der Waals surface area contributed by atoms with Gasteiger partial charge in [-0.2, -0.15) is 0 Å². The largest absolute Gasteiger partial charge is 0.493 e. The van der Waals surface area contributed by atoms with Gasteiger partial charge < -0.3 is 19.5 Å². The van der Waals surface area contributed by atoms with Crippen molar-refractivity contribution in [3.05, 3.63) is 17.7 Å². The van der Waals surface area contributed by atoms with E-state index in [9.17, 15) is 4.79 Å². The molecule has 0 aliphatic carbocycles. The summed E-state index contributed by atoms with van der Waals surface area (Å²) in [6, 6.07) is 3.39. The van der Waals surface area contributed by atoms with Crippen LogP contribution in [0.5, 0.6) is 17.2 Å². The fraction of sp³-hybridized carbons (Fsp3) is 0.533. The number of carbonyl (C=O) groups excluding carboxylic acids is 1. The van der Waals surface area contributed by atoms with Gasteiger partial charge in [0.05, 0.1) is 27.4 Å². The highest BCUT2D eigenvalue weighted by Gasteiger charge is 2.26. The molecule has 0 bridgehead atoms. The standard InChI is InChI=1S/C15H23N3O4/c1-17-8-11(9-18(17)2)16-15(19)10-6-12(20-3)14(22-5)13(7-10)21-4/h6-7,11H,8-9H2,1-5H3,(H,16,19). The molecule has 0 unspecified atom stereocenters. The number of carbonyl (C=O) groups is 1. The molecule has 0 radical (unpaired) electrons. The number of benzene rings is 1. The van der Waals surface area contributed by atoms with Gasteiger partial charge in [-0.3, -0.25) is 4.79 Å². The lowest BCUT2D eigenvalue weighted by Crippen LogP contribution is -2.38. The van der Waals surface area contributed by atoms with Gasteiger partial charge in [0.1, 0.15) is 0 Å². The van der Waals surface area contributed by atoms with Crippen LogP contribution < -0.4 is 19.5 Å². The molecule has 1 saturated heterocycles. The minimum Gasteiger partial charge on any atom is -0.493 e. The number of hydrazine groups is 1. The number of hydrogen-bond acceptors (Lipinski definition) is 6. The quantitative estimate of drug-likeness (QED) is 0.859. The normalized spacial score (nSPS) is 16.6. The highest BCUT2D eigenvalue weighted by molar-refractivity contribution is 5.95. The van der Waals surface area contributed by atoms with E-state index in [1.54, 1.807) is 12.1 Å². The first kappa shape index (κ1) is 16.4. The topological polar surface area (TPSA) is 63.3 Å². The van der Waals surface area contributed by atoms with E-state index in [0.29, 0.717) is 22.8 Å². The van der Waals surface area contributed by atoms with Crippen LogP contribution in [0.25, 0.3) is 0 Å². The predicted octanol–water partition coefficient (Wildman–Crippen LogP) is 0.603. The zero-order valence-electron chi connectivity index (χ0n) is 13.7. The Morgan fingerprint density at radius 3 is 1.95 bits per heavy atom. The number of methoxy groups -OCH3 is 3. The Kier molecular flexibility index (Phi) is 5.10. The van der Waals surface area contributed by atoms with E-state index in [1.807, 2.05) is 14.1 Å². The molecule has 7 nitrogen and oxygen atoms in total. The van der Waals surface area contributed by atoms with Crippen LogP contribution in [-0.2, 0) is 0 Å². The molecule has 1 fully saturated rings. The lowest BCUT2D eigenvalue weighted by atomic mass is 10.1. The van der Waals surface area contributed by atoms with Crippen molar-refractivity contribution < 1.29 is 19.0 Å². The molecular formula is C15H23N3O4. The zero-order chi connectivity index (χ0) is 16.3. The summed E-state index contributed by atoms with van der Waals surface area (Å²) in [5.41, 5.74) is 0.478. The van der Waals surface area contributed by atoms with Crippen molar-refractivity contribution in [3.8, 4) is 17.2 Å². The van der Waals surface area contributed by atoms with E-state index in [0.717, 1.165) is 13.1 Å². The van der Waals surface area contributed by atoms with Gasteiger partial charge in [0.25, 0.3) is 5.91 Å². The average Bonchev–Trinajstić information content (AvgIpc) is 2.83. The van der Waals surface area contributed by atoms with E-state index in [2.05, 4.69) is 15.3 Å². The Balaban J connectivity index is 2.19. The molecule has 22 heavy (non-hydrogen) atoms. The first-order valence-corrected chi connectivity index (χ1v) is 7.03. The number of hydrogen-bond donors (Lipinski definition) is 1. The van der Waals surface area contributed by atoms with Crippen molar-refractivity contribution >= 4 is 5.91 Å². The van der Waals surface area contributed by atoms with E-state index in [4.69, 9.17) is 14.2 Å². The summed E-state index contributed by atoms with van der Waals surface area (Å²) in [5, 5.41) is 7.16. The van der Waals surface area contributed by atoms with Gasteiger partial charge in [-0.25, -0.2) is 10.0 Å². The minimum atomic E-state index is -0.159. The molecule has 1 N–H and O–H groups in total. The summed E-state index contributed by atoms with van der Waals surface area (Å²) in [6.07, 6.45) is 0. The number of rotatable bonds is 5. The van der Waals surface area contributed by atoms with Crippen LogP contribution in [0.2, 0.25) is 0 Å². The molecule has 0 aromatic heterocycles. The number of amides is 1. The van der Waals surface area contributed by atoms with E-state index < -0.39 is 0 Å². The van der Waals surface area contributed by atoms with Crippen molar-refractivity contribution in [2.75, 3.05) is 48.5 Å². The Morgan fingerprint density at radius 2 is 1.55 bits per heavy atom. The van der Waals surface area contributed by atoms with Gasteiger partial charge in [0.2, 0.25) is 5.75 Å². The summed E-state index contributed by atoms with van der Waals surface area (Å²) in [7, 11) is 8.57. The third-order valence-electron chi connectivity index (χ3n) is 3.81. The van der Waals surface area contributed by atoms with Crippen LogP contribution in [0.1, 0.15) is 10.4 Å². The van der Waals surface area contributed by atoms with Crippen molar-refractivity contribution in [3.63, 3.8) is 0 Å². The van der Waals surface area contributed by atoms with Crippen LogP contribution >= 0.6 is 0 Å². The first-order chi connectivity index (χ1) is 10.5.